The molecule has 1 aliphatic heterocycles. The molecule has 0 N–H and O–H groups in total. The van der Waals surface area contributed by atoms with Crippen LogP contribution < -0.4 is 15.0 Å². The smallest absolute Gasteiger partial charge is 0.433 e. The number of nitrogens with zero attached hydrogens (tertiary/aromatic N) is 6. The zero-order valence-electron chi connectivity index (χ0n) is 37.3. The summed E-state index contributed by atoms with van der Waals surface area (Å²) in [6, 6.07) is 30.2. The topological polar surface area (TPSA) is 145 Å². The zero-order valence-corrected chi connectivity index (χ0v) is 40.2. The minimum atomic E-state index is -4.56. The Balaban J connectivity index is 0.000000170. The number of ether oxygens (including phenoxy) is 5. The molecular formula is C49H46ClF4IN6O7. The molecule has 0 spiro atoms. The van der Waals surface area contributed by atoms with E-state index in [9.17, 15) is 27.2 Å². The summed E-state index contributed by atoms with van der Waals surface area (Å²) in [6.07, 6.45) is 1.35. The van der Waals surface area contributed by atoms with Crippen molar-refractivity contribution in [1.82, 2.24) is 29.3 Å². The van der Waals surface area contributed by atoms with E-state index in [1.54, 1.807) is 52.0 Å². The van der Waals surface area contributed by atoms with Crippen LogP contribution in [0.4, 0.5) is 17.6 Å². The number of halogens is 6. The third-order valence-corrected chi connectivity index (χ3v) is 11.2. The molecule has 356 valence electrons. The van der Waals surface area contributed by atoms with Gasteiger partial charge >= 0.3 is 12.1 Å². The number of hydrogen-bond acceptors (Lipinski definition) is 11. The van der Waals surface area contributed by atoms with Crippen LogP contribution in [0, 0.1) is 9.39 Å². The molecule has 68 heavy (non-hydrogen) atoms. The summed E-state index contributed by atoms with van der Waals surface area (Å²) in [7, 11) is 2.62. The fraction of sp³-hybridized carbons (Fsp3) is 0.265. The quantitative estimate of drug-likeness (QED) is 0.0242. The molecule has 4 aromatic carbocycles. The molecule has 0 amide bonds. The number of pyridine rings is 1. The highest BCUT2D eigenvalue weighted by Gasteiger charge is 2.59. The number of rotatable bonds is 15. The van der Waals surface area contributed by atoms with Gasteiger partial charge in [0.2, 0.25) is 5.88 Å². The van der Waals surface area contributed by atoms with E-state index >= 15 is 0 Å². The van der Waals surface area contributed by atoms with Gasteiger partial charge in [-0.3, -0.25) is 9.36 Å². The van der Waals surface area contributed by atoms with Crippen LogP contribution in [0.2, 0.25) is 5.02 Å². The number of fused-ring (bicyclic) bond motifs is 1. The van der Waals surface area contributed by atoms with Gasteiger partial charge in [0.05, 0.1) is 44.5 Å². The summed E-state index contributed by atoms with van der Waals surface area (Å²) in [5, 5.41) is 5.46. The van der Waals surface area contributed by atoms with E-state index in [0.717, 1.165) is 33.6 Å². The molecule has 1 fully saturated rings. The lowest BCUT2D eigenvalue weighted by Crippen LogP contribution is -2.24. The lowest BCUT2D eigenvalue weighted by molar-refractivity contribution is -0.141. The van der Waals surface area contributed by atoms with Gasteiger partial charge in [-0.1, -0.05) is 86.1 Å². The molecule has 0 aliphatic carbocycles. The van der Waals surface area contributed by atoms with Crippen molar-refractivity contribution in [2.75, 3.05) is 20.8 Å². The van der Waals surface area contributed by atoms with E-state index < -0.39 is 23.4 Å². The molecule has 4 heterocycles. The molecule has 0 bridgehead atoms. The molecule has 19 heteroatoms. The summed E-state index contributed by atoms with van der Waals surface area (Å²) < 4.78 is 82.5. The van der Waals surface area contributed by atoms with Crippen molar-refractivity contribution < 1.29 is 46.0 Å². The van der Waals surface area contributed by atoms with Crippen LogP contribution in [0.1, 0.15) is 60.7 Å². The van der Waals surface area contributed by atoms with Crippen molar-refractivity contribution in [3.05, 3.63) is 181 Å². The van der Waals surface area contributed by atoms with Crippen LogP contribution in [-0.2, 0) is 50.5 Å². The van der Waals surface area contributed by atoms with E-state index in [-0.39, 0.29) is 35.5 Å². The maximum absolute atomic E-state index is 13.3. The summed E-state index contributed by atoms with van der Waals surface area (Å²) >= 11 is 8.51. The van der Waals surface area contributed by atoms with Gasteiger partial charge in [0.25, 0.3) is 11.6 Å². The number of esters is 1. The van der Waals surface area contributed by atoms with Crippen molar-refractivity contribution in [2.45, 2.75) is 64.3 Å². The van der Waals surface area contributed by atoms with Crippen LogP contribution in [0.3, 0.4) is 0 Å². The normalized spacial score (nSPS) is 15.3. The van der Waals surface area contributed by atoms with Crippen LogP contribution in [-0.4, -0.2) is 56.1 Å². The van der Waals surface area contributed by atoms with E-state index in [1.165, 1.54) is 51.1 Å². The lowest BCUT2D eigenvalue weighted by Gasteiger charge is -2.14. The first-order valence-corrected chi connectivity index (χ1v) is 22.6. The number of hydrogen-bond donors (Lipinski definition) is 0. The molecule has 1 aliphatic rings. The van der Waals surface area contributed by atoms with E-state index in [0.29, 0.717) is 52.8 Å². The van der Waals surface area contributed by atoms with Crippen molar-refractivity contribution in [3.8, 4) is 11.9 Å². The SMILES string of the molecule is CCCOc1nc2ccc(I)cc2c(=O)n1CCC.CO/C=C(/C(=O)OC)c1ccccc1COc1cccc(C(F)(F)F)n1.Fc1ccc(C2(Cn3cncn3)OC2c2ccccc2Cl)cc1. The Kier molecular flexibility index (Phi) is 17.7. The predicted molar refractivity (Wildman–Crippen MR) is 255 cm³/mol. The predicted octanol–water partition coefficient (Wildman–Crippen LogP) is 10.8. The lowest BCUT2D eigenvalue weighted by atomic mass is 9.91. The van der Waals surface area contributed by atoms with Crippen LogP contribution >= 0.6 is 34.2 Å². The van der Waals surface area contributed by atoms with Gasteiger partial charge in [0.15, 0.2) is 0 Å². The number of methoxy groups -OCH3 is 2. The first kappa shape index (κ1) is 51.0. The molecular weight excluding hydrogens is 1020 g/mol. The third kappa shape index (κ3) is 12.8. The standard InChI is InChI=1S/C18H16F3NO4.C17H13ClFN3O.C14H17IN2O2/c1-24-11-14(17(23)25-2)13-7-4-3-6-12(13)10-26-16-9-5-8-15(22-16)18(19,20)21;18-15-4-2-1-3-14(15)16-17(23-16,9-22-11-20-10-21-22)12-5-7-13(19)8-6-12;1-3-7-17-13(18)11-9-10(15)5-6-12(11)16-14(17)19-8-4-2/h3-9,11H,10H2,1-2H3;1-8,10-11,16H,9H2;5-6,9H,3-4,7-8H2,1-2H3/b14-11+;;. The number of benzene rings is 4. The zero-order chi connectivity index (χ0) is 48.8. The highest BCUT2D eigenvalue weighted by atomic mass is 127. The number of alkyl halides is 3. The number of epoxide rings is 1. The third-order valence-electron chi connectivity index (χ3n) is 10.2. The molecule has 1 saturated heterocycles. The average molecular weight is 1070 g/mol. The second kappa shape index (κ2) is 23.6. The molecule has 2 atom stereocenters. The monoisotopic (exact) mass is 1070 g/mol. The highest BCUT2D eigenvalue weighted by molar-refractivity contribution is 14.1. The van der Waals surface area contributed by atoms with E-state index in [4.69, 9.17) is 35.3 Å². The Labute approximate surface area is 407 Å². The second-order valence-corrected chi connectivity index (χ2v) is 16.6. The summed E-state index contributed by atoms with van der Waals surface area (Å²) in [5.74, 6) is -1.07. The maximum atomic E-state index is 13.3. The average Bonchev–Trinajstić information content (AvgIpc) is 3.81. The van der Waals surface area contributed by atoms with Gasteiger partial charge in [0, 0.05) is 26.8 Å². The molecule has 7 aromatic rings. The van der Waals surface area contributed by atoms with Gasteiger partial charge in [-0.25, -0.2) is 23.8 Å². The fourth-order valence-electron chi connectivity index (χ4n) is 6.96. The Morgan fingerprint density at radius 3 is 2.35 bits per heavy atom. The highest BCUT2D eigenvalue weighted by Crippen LogP contribution is 2.59. The Morgan fingerprint density at radius 2 is 1.68 bits per heavy atom. The second-order valence-electron chi connectivity index (χ2n) is 14.9. The van der Waals surface area contributed by atoms with Gasteiger partial charge in [-0.05, 0) is 94.6 Å². The van der Waals surface area contributed by atoms with E-state index in [1.807, 2.05) is 56.3 Å². The minimum Gasteiger partial charge on any atom is -0.503 e. The fourth-order valence-corrected chi connectivity index (χ4v) is 7.68. The van der Waals surface area contributed by atoms with Gasteiger partial charge < -0.3 is 23.7 Å². The maximum Gasteiger partial charge on any atom is 0.433 e. The van der Waals surface area contributed by atoms with Gasteiger partial charge in [-0.2, -0.15) is 23.3 Å². The van der Waals surface area contributed by atoms with Crippen molar-refractivity contribution >= 4 is 56.6 Å². The Hall–Kier alpha value is -6.38. The van der Waals surface area contributed by atoms with Crippen LogP contribution in [0.25, 0.3) is 16.5 Å². The van der Waals surface area contributed by atoms with Crippen LogP contribution in [0.15, 0.2) is 133 Å². The number of carbonyl (C=O) groups excluding carboxylic acids is 1. The summed E-state index contributed by atoms with van der Waals surface area (Å²) in [5.41, 5.74) is 2.02. The molecule has 13 nitrogen and oxygen atoms in total. The first-order chi connectivity index (χ1) is 32.7. The van der Waals surface area contributed by atoms with E-state index in [2.05, 4.69) is 42.6 Å². The first-order valence-electron chi connectivity index (χ1n) is 21.1. The largest absolute Gasteiger partial charge is 0.503 e. The molecule has 0 saturated carbocycles. The van der Waals surface area contributed by atoms with Gasteiger partial charge in [0.1, 0.15) is 48.1 Å². The number of aromatic nitrogens is 6. The Bertz CT molecular complexity index is 2890. The molecule has 0 radical (unpaired) electrons. The van der Waals surface area contributed by atoms with Crippen LogP contribution in [0.5, 0.6) is 11.9 Å². The number of carbonyl (C=O) groups is 1. The van der Waals surface area contributed by atoms with Crippen molar-refractivity contribution in [2.24, 2.45) is 0 Å². The molecule has 8 rings (SSSR count). The summed E-state index contributed by atoms with van der Waals surface area (Å²) in [6.45, 7) is 5.66. The minimum absolute atomic E-state index is 0.0172. The molecule has 3 aromatic heterocycles. The van der Waals surface area contributed by atoms with Crippen molar-refractivity contribution in [3.63, 3.8) is 0 Å². The Morgan fingerprint density at radius 1 is 0.926 bits per heavy atom. The molecule has 2 unspecified atom stereocenters. The van der Waals surface area contributed by atoms with Gasteiger partial charge in [-0.15, -0.1) is 0 Å². The van der Waals surface area contributed by atoms with Crippen molar-refractivity contribution in [1.29, 1.82) is 0 Å². The summed E-state index contributed by atoms with van der Waals surface area (Å²) in [4.78, 5) is 36.3.